The summed E-state index contributed by atoms with van der Waals surface area (Å²) in [6, 6.07) is 4.56. The Morgan fingerprint density at radius 1 is 1.53 bits per heavy atom. The molecule has 0 bridgehead atoms. The van der Waals surface area contributed by atoms with E-state index in [0.717, 1.165) is 0 Å². The molecule has 0 spiro atoms. The van der Waals surface area contributed by atoms with Gasteiger partial charge in [0.15, 0.2) is 0 Å². The summed E-state index contributed by atoms with van der Waals surface area (Å²) in [4.78, 5) is -0.0926. The smallest absolute Gasteiger partial charge is 0.244 e. The van der Waals surface area contributed by atoms with Crippen molar-refractivity contribution in [3.8, 4) is 0 Å². The van der Waals surface area contributed by atoms with E-state index in [0.29, 0.717) is 0 Å². The standard InChI is InChI=1S/C10H15ClN2O3S/c1-7(16-2)6-13-17(14,15)10-8(11)4-3-5-9(10)12/h3-5,7,13H,6,12H2,1-2H3. The quantitative estimate of drug-likeness (QED) is 0.794. The first-order valence-corrected chi connectivity index (χ1v) is 6.81. The molecule has 0 heterocycles. The Kier molecular flexibility index (Phi) is 4.76. The summed E-state index contributed by atoms with van der Waals surface area (Å²) in [6.07, 6.45) is -0.228. The van der Waals surface area contributed by atoms with Gasteiger partial charge in [-0.3, -0.25) is 0 Å². The van der Waals surface area contributed by atoms with E-state index in [9.17, 15) is 8.42 Å². The minimum absolute atomic E-state index is 0.0926. The SMILES string of the molecule is COC(C)CNS(=O)(=O)c1c(N)cccc1Cl. The largest absolute Gasteiger partial charge is 0.398 e. The lowest BCUT2D eigenvalue weighted by molar-refractivity contribution is 0.122. The molecular formula is C10H15ClN2O3S. The molecule has 1 aromatic rings. The lowest BCUT2D eigenvalue weighted by Crippen LogP contribution is -2.32. The van der Waals surface area contributed by atoms with Crippen LogP contribution in [0.5, 0.6) is 0 Å². The Morgan fingerprint density at radius 3 is 2.71 bits per heavy atom. The van der Waals surface area contributed by atoms with Crippen LogP contribution in [0.15, 0.2) is 23.1 Å². The molecule has 0 aliphatic carbocycles. The van der Waals surface area contributed by atoms with E-state index in [1.165, 1.54) is 19.2 Å². The summed E-state index contributed by atoms with van der Waals surface area (Å²) in [5, 5.41) is 0.0996. The number of methoxy groups -OCH3 is 1. The van der Waals surface area contributed by atoms with Crippen molar-refractivity contribution in [2.75, 3.05) is 19.4 Å². The summed E-state index contributed by atoms with van der Waals surface area (Å²) in [5.41, 5.74) is 5.73. The number of hydrogen-bond acceptors (Lipinski definition) is 4. The zero-order chi connectivity index (χ0) is 13.1. The van der Waals surface area contributed by atoms with Crippen LogP contribution in [0.1, 0.15) is 6.92 Å². The highest BCUT2D eigenvalue weighted by atomic mass is 35.5. The summed E-state index contributed by atoms with van der Waals surface area (Å²) in [5.74, 6) is 0. The van der Waals surface area contributed by atoms with Crippen molar-refractivity contribution in [3.63, 3.8) is 0 Å². The maximum atomic E-state index is 12.0. The Bertz CT molecular complexity index is 470. The minimum atomic E-state index is -3.71. The van der Waals surface area contributed by atoms with Crippen molar-refractivity contribution < 1.29 is 13.2 Å². The Morgan fingerprint density at radius 2 is 2.18 bits per heavy atom. The average molecular weight is 279 g/mol. The number of nitrogens with two attached hydrogens (primary N) is 1. The van der Waals surface area contributed by atoms with Gasteiger partial charge in [-0.05, 0) is 19.1 Å². The zero-order valence-corrected chi connectivity index (χ0v) is 11.2. The van der Waals surface area contributed by atoms with Crippen molar-refractivity contribution >= 4 is 27.3 Å². The van der Waals surface area contributed by atoms with E-state index < -0.39 is 10.0 Å². The number of nitrogens with one attached hydrogen (secondary N) is 1. The summed E-state index contributed by atoms with van der Waals surface area (Å²) < 4.78 is 31.3. The van der Waals surface area contributed by atoms with Crippen LogP contribution < -0.4 is 10.5 Å². The third kappa shape index (κ3) is 3.57. The molecule has 3 N–H and O–H groups in total. The first kappa shape index (κ1) is 14.2. The van der Waals surface area contributed by atoms with Crippen LogP contribution in [0.4, 0.5) is 5.69 Å². The highest BCUT2D eigenvalue weighted by Crippen LogP contribution is 2.26. The van der Waals surface area contributed by atoms with Gasteiger partial charge in [0.25, 0.3) is 0 Å². The molecule has 1 unspecified atom stereocenters. The van der Waals surface area contributed by atoms with Crippen LogP contribution in [0.2, 0.25) is 5.02 Å². The number of benzene rings is 1. The molecular weight excluding hydrogens is 264 g/mol. The summed E-state index contributed by atoms with van der Waals surface area (Å²) >= 11 is 5.83. The first-order valence-electron chi connectivity index (χ1n) is 4.95. The predicted octanol–water partition coefficient (Wildman–Crippen LogP) is 1.24. The summed E-state index contributed by atoms with van der Waals surface area (Å²) in [6.45, 7) is 1.90. The maximum absolute atomic E-state index is 12.0. The molecule has 0 aromatic heterocycles. The number of anilines is 1. The van der Waals surface area contributed by atoms with Crippen LogP contribution in [0, 0.1) is 0 Å². The number of halogens is 1. The molecule has 0 saturated carbocycles. The molecule has 1 aromatic carbocycles. The monoisotopic (exact) mass is 278 g/mol. The molecule has 5 nitrogen and oxygen atoms in total. The van der Waals surface area contributed by atoms with E-state index in [4.69, 9.17) is 22.1 Å². The molecule has 0 radical (unpaired) electrons. The lowest BCUT2D eigenvalue weighted by atomic mass is 10.3. The average Bonchev–Trinajstić information content (AvgIpc) is 2.25. The number of nitrogen functional groups attached to an aromatic ring is 1. The van der Waals surface area contributed by atoms with Gasteiger partial charge in [0, 0.05) is 13.7 Å². The molecule has 7 heteroatoms. The number of hydrogen-bond donors (Lipinski definition) is 2. The first-order chi connectivity index (χ1) is 7.88. The Balaban J connectivity index is 2.98. The van der Waals surface area contributed by atoms with Crippen LogP contribution in [-0.2, 0) is 14.8 Å². The van der Waals surface area contributed by atoms with Gasteiger partial charge in [0.05, 0.1) is 16.8 Å². The normalized spacial score (nSPS) is 13.6. The second-order valence-corrected chi connectivity index (χ2v) is 5.67. The van der Waals surface area contributed by atoms with Gasteiger partial charge in [-0.2, -0.15) is 0 Å². The number of rotatable bonds is 5. The fourth-order valence-electron chi connectivity index (χ4n) is 1.19. The van der Waals surface area contributed by atoms with Crippen LogP contribution in [-0.4, -0.2) is 28.2 Å². The van der Waals surface area contributed by atoms with Gasteiger partial charge in [0.1, 0.15) is 4.90 Å². The topological polar surface area (TPSA) is 81.4 Å². The van der Waals surface area contributed by atoms with Gasteiger partial charge >= 0.3 is 0 Å². The number of sulfonamides is 1. The number of ether oxygens (including phenoxy) is 1. The van der Waals surface area contributed by atoms with Crippen molar-refractivity contribution in [2.24, 2.45) is 0 Å². The minimum Gasteiger partial charge on any atom is -0.398 e. The molecule has 1 rings (SSSR count). The van der Waals surface area contributed by atoms with Gasteiger partial charge in [0.2, 0.25) is 10.0 Å². The van der Waals surface area contributed by atoms with Crippen LogP contribution in [0.25, 0.3) is 0 Å². The van der Waals surface area contributed by atoms with E-state index in [1.54, 1.807) is 13.0 Å². The van der Waals surface area contributed by atoms with Crippen LogP contribution >= 0.6 is 11.6 Å². The third-order valence-corrected chi connectivity index (χ3v) is 4.20. The van der Waals surface area contributed by atoms with E-state index in [2.05, 4.69) is 4.72 Å². The molecule has 17 heavy (non-hydrogen) atoms. The summed E-state index contributed by atoms with van der Waals surface area (Å²) in [7, 11) is -2.21. The highest BCUT2D eigenvalue weighted by molar-refractivity contribution is 7.89. The van der Waals surface area contributed by atoms with Gasteiger partial charge in [-0.25, -0.2) is 13.1 Å². The van der Waals surface area contributed by atoms with Crippen LogP contribution in [0.3, 0.4) is 0 Å². The van der Waals surface area contributed by atoms with Crippen molar-refractivity contribution in [2.45, 2.75) is 17.9 Å². The predicted molar refractivity (Wildman–Crippen MR) is 67.5 cm³/mol. The Hall–Kier alpha value is -0.820. The Labute approximate surface area is 106 Å². The zero-order valence-electron chi connectivity index (χ0n) is 9.60. The molecule has 0 fully saturated rings. The highest BCUT2D eigenvalue weighted by Gasteiger charge is 2.21. The van der Waals surface area contributed by atoms with Crippen molar-refractivity contribution in [3.05, 3.63) is 23.2 Å². The molecule has 0 saturated heterocycles. The fraction of sp³-hybridized carbons (Fsp3) is 0.400. The van der Waals surface area contributed by atoms with Gasteiger partial charge in [-0.1, -0.05) is 17.7 Å². The molecule has 1 atom stereocenters. The van der Waals surface area contributed by atoms with Crippen molar-refractivity contribution in [1.29, 1.82) is 0 Å². The molecule has 0 aliphatic heterocycles. The maximum Gasteiger partial charge on any atom is 0.244 e. The van der Waals surface area contributed by atoms with E-state index in [1.807, 2.05) is 0 Å². The van der Waals surface area contributed by atoms with E-state index in [-0.39, 0.29) is 28.3 Å². The second-order valence-electron chi connectivity index (χ2n) is 3.56. The second kappa shape index (κ2) is 5.68. The van der Waals surface area contributed by atoms with Gasteiger partial charge < -0.3 is 10.5 Å². The lowest BCUT2D eigenvalue weighted by Gasteiger charge is -2.13. The molecule has 0 aliphatic rings. The van der Waals surface area contributed by atoms with Crippen molar-refractivity contribution in [1.82, 2.24) is 4.72 Å². The van der Waals surface area contributed by atoms with Gasteiger partial charge in [-0.15, -0.1) is 0 Å². The molecule has 96 valence electrons. The van der Waals surface area contributed by atoms with E-state index >= 15 is 0 Å². The fourth-order valence-corrected chi connectivity index (χ4v) is 2.98. The molecule has 0 amide bonds. The third-order valence-electron chi connectivity index (χ3n) is 2.23.